The van der Waals surface area contributed by atoms with E-state index in [-0.39, 0.29) is 0 Å². The molecule has 0 fully saturated rings. The van der Waals surface area contributed by atoms with E-state index in [1.165, 1.54) is 0 Å². The largest absolute Gasteiger partial charge is 0.310 e. The molecule has 164 valence electrons. The molecule has 3 aromatic heterocycles. The van der Waals surface area contributed by atoms with Crippen molar-refractivity contribution in [2.75, 3.05) is 39.3 Å². The molecule has 0 aliphatic rings. The fourth-order valence-electron chi connectivity index (χ4n) is 3.20. The monoisotopic (exact) mass is 419 g/mol. The predicted octanol–water partition coefficient (Wildman–Crippen LogP) is 1.84. The molecule has 0 saturated carbocycles. The van der Waals surface area contributed by atoms with Crippen molar-refractivity contribution in [3.63, 3.8) is 0 Å². The summed E-state index contributed by atoms with van der Waals surface area (Å²) in [5.41, 5.74) is 3.22. The van der Waals surface area contributed by atoms with Gasteiger partial charge in [-0.25, -0.2) is 0 Å². The molecule has 31 heavy (non-hydrogen) atoms. The molecule has 0 spiro atoms. The fraction of sp³-hybridized carbons (Fsp3) is 0.375. The molecule has 0 amide bonds. The van der Waals surface area contributed by atoms with Gasteiger partial charge in [-0.15, -0.1) is 0 Å². The van der Waals surface area contributed by atoms with Crippen molar-refractivity contribution in [2.24, 2.45) is 0 Å². The lowest BCUT2D eigenvalue weighted by molar-refractivity contribution is 0.270. The fourth-order valence-corrected chi connectivity index (χ4v) is 3.20. The van der Waals surface area contributed by atoms with Gasteiger partial charge in [-0.05, 0) is 36.4 Å². The third kappa shape index (κ3) is 9.76. The molecule has 3 N–H and O–H groups in total. The summed E-state index contributed by atoms with van der Waals surface area (Å²) in [7, 11) is 0. The summed E-state index contributed by atoms with van der Waals surface area (Å²) < 4.78 is 0. The maximum absolute atomic E-state index is 4.37. The van der Waals surface area contributed by atoms with Crippen LogP contribution in [-0.4, -0.2) is 59.1 Å². The maximum atomic E-state index is 4.37. The molecule has 3 rings (SSSR count). The van der Waals surface area contributed by atoms with Crippen LogP contribution < -0.4 is 16.0 Å². The van der Waals surface area contributed by atoms with Gasteiger partial charge in [0.25, 0.3) is 0 Å². The summed E-state index contributed by atoms with van der Waals surface area (Å²) in [6.45, 7) is 8.14. The molecule has 3 heterocycles. The molecule has 0 aliphatic carbocycles. The number of aromatic nitrogens is 3. The molecule has 3 aromatic rings. The van der Waals surface area contributed by atoms with E-state index in [4.69, 9.17) is 0 Å². The number of hydrogen-bond donors (Lipinski definition) is 3. The molecule has 0 aromatic carbocycles. The van der Waals surface area contributed by atoms with E-state index in [0.29, 0.717) is 0 Å². The Kier molecular flexibility index (Phi) is 10.6. The van der Waals surface area contributed by atoms with Crippen LogP contribution in [0.15, 0.2) is 73.2 Å². The maximum Gasteiger partial charge on any atom is 0.0541 e. The summed E-state index contributed by atoms with van der Waals surface area (Å²) in [5.74, 6) is 0. The van der Waals surface area contributed by atoms with Crippen LogP contribution in [0.5, 0.6) is 0 Å². The molecule has 0 unspecified atom stereocenters. The Labute approximate surface area is 185 Å². The first-order valence-electron chi connectivity index (χ1n) is 10.9. The topological polar surface area (TPSA) is 78.0 Å². The van der Waals surface area contributed by atoms with Crippen LogP contribution in [0, 0.1) is 0 Å². The third-order valence-corrected chi connectivity index (χ3v) is 4.91. The van der Waals surface area contributed by atoms with Crippen LogP contribution in [0.4, 0.5) is 0 Å². The van der Waals surface area contributed by atoms with Crippen molar-refractivity contribution in [3.8, 4) is 0 Å². The predicted molar refractivity (Wildman–Crippen MR) is 124 cm³/mol. The van der Waals surface area contributed by atoms with Gasteiger partial charge in [-0.1, -0.05) is 18.2 Å². The molecule has 0 saturated heterocycles. The highest BCUT2D eigenvalue weighted by Crippen LogP contribution is 1.95. The SMILES string of the molecule is c1ccc(CNCCN(CCNCc2ccccn2)CCNCc2ccccn2)nc1. The third-order valence-electron chi connectivity index (χ3n) is 4.91. The highest BCUT2D eigenvalue weighted by atomic mass is 15.2. The van der Waals surface area contributed by atoms with Gasteiger partial charge in [0, 0.05) is 77.5 Å². The van der Waals surface area contributed by atoms with Crippen molar-refractivity contribution in [3.05, 3.63) is 90.3 Å². The van der Waals surface area contributed by atoms with E-state index in [9.17, 15) is 0 Å². The first-order chi connectivity index (χ1) is 15.4. The number of hydrogen-bond acceptors (Lipinski definition) is 7. The minimum Gasteiger partial charge on any atom is -0.310 e. The van der Waals surface area contributed by atoms with E-state index in [1.807, 2.05) is 73.2 Å². The molecule has 0 radical (unpaired) electrons. The first-order valence-corrected chi connectivity index (χ1v) is 10.9. The smallest absolute Gasteiger partial charge is 0.0541 e. The lowest BCUT2D eigenvalue weighted by Crippen LogP contribution is -2.40. The summed E-state index contributed by atoms with van der Waals surface area (Å²) in [6.07, 6.45) is 5.51. The van der Waals surface area contributed by atoms with Crippen molar-refractivity contribution in [1.29, 1.82) is 0 Å². The molecule has 0 atom stereocenters. The van der Waals surface area contributed by atoms with Gasteiger partial charge in [0.1, 0.15) is 0 Å². The first kappa shape index (κ1) is 23.0. The summed E-state index contributed by atoms with van der Waals surface area (Å²) >= 11 is 0. The van der Waals surface area contributed by atoms with Gasteiger partial charge < -0.3 is 16.0 Å². The normalized spacial score (nSPS) is 11.1. The van der Waals surface area contributed by atoms with Crippen LogP contribution in [0.3, 0.4) is 0 Å². The molecule has 0 bridgehead atoms. The van der Waals surface area contributed by atoms with Gasteiger partial charge in [0.2, 0.25) is 0 Å². The van der Waals surface area contributed by atoms with E-state index in [0.717, 1.165) is 76.0 Å². The average molecular weight is 420 g/mol. The van der Waals surface area contributed by atoms with Crippen LogP contribution in [0.25, 0.3) is 0 Å². The molecular weight excluding hydrogens is 386 g/mol. The Morgan fingerprint density at radius 3 is 1.16 bits per heavy atom. The molecule has 7 nitrogen and oxygen atoms in total. The number of nitrogens with one attached hydrogen (secondary N) is 3. The standard InChI is InChI=1S/C24H33N7/c1-4-10-28-22(7-1)19-25-13-16-31(17-14-26-20-23-8-2-5-11-29-23)18-15-27-21-24-9-3-6-12-30-24/h1-12,25-27H,13-21H2. The minimum absolute atomic E-state index is 0.796. The van der Waals surface area contributed by atoms with Gasteiger partial charge in [-0.3, -0.25) is 19.9 Å². The Morgan fingerprint density at radius 1 is 0.516 bits per heavy atom. The zero-order valence-electron chi connectivity index (χ0n) is 18.1. The second-order valence-corrected chi connectivity index (χ2v) is 7.34. The Morgan fingerprint density at radius 2 is 0.871 bits per heavy atom. The van der Waals surface area contributed by atoms with Gasteiger partial charge in [0.05, 0.1) is 17.1 Å². The Bertz CT molecular complexity index is 702. The Hall–Kier alpha value is -2.71. The van der Waals surface area contributed by atoms with Crippen LogP contribution in [0.2, 0.25) is 0 Å². The Balaban J connectivity index is 1.36. The summed E-state index contributed by atoms with van der Waals surface area (Å²) in [4.78, 5) is 15.6. The lowest BCUT2D eigenvalue weighted by Gasteiger charge is -2.23. The average Bonchev–Trinajstić information content (AvgIpc) is 2.83. The van der Waals surface area contributed by atoms with E-state index in [1.54, 1.807) is 0 Å². The van der Waals surface area contributed by atoms with E-state index < -0.39 is 0 Å². The van der Waals surface area contributed by atoms with Gasteiger partial charge in [0.15, 0.2) is 0 Å². The summed E-state index contributed by atoms with van der Waals surface area (Å²) in [6, 6.07) is 18.1. The second-order valence-electron chi connectivity index (χ2n) is 7.34. The molecule has 0 aliphatic heterocycles. The minimum atomic E-state index is 0.796. The van der Waals surface area contributed by atoms with Crippen LogP contribution in [-0.2, 0) is 19.6 Å². The van der Waals surface area contributed by atoms with Crippen LogP contribution >= 0.6 is 0 Å². The van der Waals surface area contributed by atoms with E-state index >= 15 is 0 Å². The van der Waals surface area contributed by atoms with Gasteiger partial charge >= 0.3 is 0 Å². The number of nitrogens with zero attached hydrogens (tertiary/aromatic N) is 4. The van der Waals surface area contributed by atoms with Crippen molar-refractivity contribution >= 4 is 0 Å². The van der Waals surface area contributed by atoms with Crippen molar-refractivity contribution in [2.45, 2.75) is 19.6 Å². The summed E-state index contributed by atoms with van der Waals surface area (Å²) in [5, 5.41) is 10.5. The number of rotatable bonds is 15. The van der Waals surface area contributed by atoms with E-state index in [2.05, 4.69) is 35.8 Å². The lowest BCUT2D eigenvalue weighted by atomic mass is 10.3. The highest BCUT2D eigenvalue weighted by molar-refractivity contribution is 5.04. The highest BCUT2D eigenvalue weighted by Gasteiger charge is 2.05. The van der Waals surface area contributed by atoms with Gasteiger partial charge in [-0.2, -0.15) is 0 Å². The zero-order valence-corrected chi connectivity index (χ0v) is 18.1. The zero-order chi connectivity index (χ0) is 21.4. The molecular formula is C24H33N7. The van der Waals surface area contributed by atoms with Crippen LogP contribution in [0.1, 0.15) is 17.1 Å². The number of pyridine rings is 3. The van der Waals surface area contributed by atoms with Crippen molar-refractivity contribution in [1.82, 2.24) is 35.8 Å². The van der Waals surface area contributed by atoms with Crippen molar-refractivity contribution < 1.29 is 0 Å². The molecule has 7 heteroatoms. The quantitative estimate of drug-likeness (QED) is 0.325. The second kappa shape index (κ2) is 14.3.